The third kappa shape index (κ3) is 3.18. The van der Waals surface area contributed by atoms with Gasteiger partial charge in [0.05, 0.1) is 10.6 Å². The van der Waals surface area contributed by atoms with E-state index in [1.165, 1.54) is 47.4 Å². The first-order chi connectivity index (χ1) is 11.5. The van der Waals surface area contributed by atoms with Crippen molar-refractivity contribution in [1.82, 2.24) is 14.3 Å². The number of sulfonamides is 1. The summed E-state index contributed by atoms with van der Waals surface area (Å²) < 4.78 is 41.2. The van der Waals surface area contributed by atoms with Crippen molar-refractivity contribution >= 4 is 15.9 Å². The van der Waals surface area contributed by atoms with Crippen LogP contribution < -0.4 is 4.72 Å². The number of nitrogens with one attached hydrogen (secondary N) is 1. The Morgan fingerprint density at radius 1 is 1.04 bits per heavy atom. The number of hydrogen-bond donors (Lipinski definition) is 1. The Kier molecular flexibility index (Phi) is 4.13. The molecule has 2 aromatic carbocycles. The summed E-state index contributed by atoms with van der Waals surface area (Å²) in [6, 6.07) is 13.5. The Hall–Kier alpha value is -3.00. The van der Waals surface area contributed by atoms with Gasteiger partial charge in [-0.05, 0) is 24.3 Å². The van der Waals surface area contributed by atoms with E-state index in [1.54, 1.807) is 24.3 Å². The fraction of sp³-hybridized carbons (Fsp3) is 0. The van der Waals surface area contributed by atoms with Crippen LogP contribution in [0, 0.1) is 5.82 Å². The molecular formula is C16H12FN3O3S. The van der Waals surface area contributed by atoms with Crippen LogP contribution in [-0.4, -0.2) is 23.9 Å². The predicted octanol–water partition coefficient (Wildman–Crippen LogP) is 2.13. The maximum atomic E-state index is 13.7. The Bertz CT molecular complexity index is 985. The van der Waals surface area contributed by atoms with Gasteiger partial charge in [0.1, 0.15) is 17.8 Å². The van der Waals surface area contributed by atoms with E-state index in [1.807, 2.05) is 4.72 Å². The van der Waals surface area contributed by atoms with E-state index in [9.17, 15) is 17.6 Å². The van der Waals surface area contributed by atoms with Gasteiger partial charge in [0.2, 0.25) is 0 Å². The summed E-state index contributed by atoms with van der Waals surface area (Å²) in [5.74, 6) is -1.38. The van der Waals surface area contributed by atoms with Crippen molar-refractivity contribution in [2.45, 2.75) is 4.90 Å². The minimum atomic E-state index is -3.99. The topological polar surface area (TPSA) is 81.1 Å². The van der Waals surface area contributed by atoms with Crippen molar-refractivity contribution in [3.05, 3.63) is 78.6 Å². The van der Waals surface area contributed by atoms with Crippen molar-refractivity contribution in [1.29, 1.82) is 0 Å². The van der Waals surface area contributed by atoms with E-state index >= 15 is 0 Å². The van der Waals surface area contributed by atoms with Crippen LogP contribution in [0.15, 0.2) is 72.0 Å². The lowest BCUT2D eigenvalue weighted by Crippen LogP contribution is -2.30. The van der Waals surface area contributed by atoms with Gasteiger partial charge in [-0.25, -0.2) is 22.5 Å². The molecule has 3 aromatic rings. The first kappa shape index (κ1) is 15.9. The molecule has 0 fully saturated rings. The molecule has 0 saturated carbocycles. The van der Waals surface area contributed by atoms with Gasteiger partial charge in [0.25, 0.3) is 15.9 Å². The number of carbonyl (C=O) groups excluding carboxylic acids is 1. The molecule has 1 aromatic heterocycles. The smallest absolute Gasteiger partial charge is 0.285 e. The summed E-state index contributed by atoms with van der Waals surface area (Å²) in [5, 5.41) is 0. The van der Waals surface area contributed by atoms with Crippen molar-refractivity contribution in [2.24, 2.45) is 0 Å². The molecule has 122 valence electrons. The predicted molar refractivity (Wildman–Crippen MR) is 84.6 cm³/mol. The number of rotatable bonds is 4. The Balaban J connectivity index is 1.84. The number of amides is 1. The Labute approximate surface area is 137 Å². The third-order valence-corrected chi connectivity index (χ3v) is 4.57. The number of hydrogen-bond acceptors (Lipinski definition) is 4. The van der Waals surface area contributed by atoms with E-state index in [4.69, 9.17) is 0 Å². The molecule has 8 heteroatoms. The molecule has 6 nitrogen and oxygen atoms in total. The van der Waals surface area contributed by atoms with Crippen LogP contribution in [0.25, 0.3) is 5.69 Å². The fourth-order valence-corrected chi connectivity index (χ4v) is 3.05. The van der Waals surface area contributed by atoms with E-state index in [2.05, 4.69) is 4.98 Å². The third-order valence-electron chi connectivity index (χ3n) is 3.23. The highest BCUT2D eigenvalue weighted by Gasteiger charge is 2.20. The van der Waals surface area contributed by atoms with Gasteiger partial charge in [-0.15, -0.1) is 0 Å². The Morgan fingerprint density at radius 3 is 2.42 bits per heavy atom. The van der Waals surface area contributed by atoms with Crippen molar-refractivity contribution in [3.8, 4) is 5.69 Å². The number of para-hydroxylation sites is 1. The first-order valence-corrected chi connectivity index (χ1v) is 8.37. The van der Waals surface area contributed by atoms with Crippen molar-refractivity contribution in [2.75, 3.05) is 0 Å². The number of nitrogens with zero attached hydrogens (tertiary/aromatic N) is 2. The number of carbonyl (C=O) groups is 1. The quantitative estimate of drug-likeness (QED) is 0.785. The second-order valence-corrected chi connectivity index (χ2v) is 6.55. The SMILES string of the molecule is O=C(NS(=O)(=O)c1ccccc1)c1cn(-c2ccccc2F)cn1. The molecule has 0 bridgehead atoms. The molecular weight excluding hydrogens is 333 g/mol. The van der Waals surface area contributed by atoms with Crippen LogP contribution in [0.1, 0.15) is 10.5 Å². The summed E-state index contributed by atoms with van der Waals surface area (Å²) in [4.78, 5) is 15.9. The molecule has 1 amide bonds. The monoisotopic (exact) mass is 345 g/mol. The van der Waals surface area contributed by atoms with Crippen LogP contribution in [0.2, 0.25) is 0 Å². The summed E-state index contributed by atoms with van der Waals surface area (Å²) in [5.41, 5.74) is 0.0627. The zero-order valence-corrected chi connectivity index (χ0v) is 13.1. The van der Waals surface area contributed by atoms with Gasteiger partial charge in [-0.2, -0.15) is 0 Å². The average Bonchev–Trinajstić information content (AvgIpc) is 3.06. The Morgan fingerprint density at radius 2 is 1.71 bits per heavy atom. The highest BCUT2D eigenvalue weighted by molar-refractivity contribution is 7.90. The van der Waals surface area contributed by atoms with E-state index in [-0.39, 0.29) is 16.3 Å². The highest BCUT2D eigenvalue weighted by Crippen LogP contribution is 2.14. The summed E-state index contributed by atoms with van der Waals surface area (Å²) in [7, 11) is -3.99. The van der Waals surface area contributed by atoms with Crippen LogP contribution in [0.4, 0.5) is 4.39 Å². The minimum absolute atomic E-state index is 0.0353. The van der Waals surface area contributed by atoms with E-state index in [0.29, 0.717) is 0 Å². The maximum absolute atomic E-state index is 13.7. The molecule has 0 saturated heterocycles. The standard InChI is InChI=1S/C16H12FN3O3S/c17-13-8-4-5-9-15(13)20-10-14(18-11-20)16(21)19-24(22,23)12-6-2-1-3-7-12/h1-11H,(H,19,21). The second kappa shape index (κ2) is 6.25. The molecule has 1 N–H and O–H groups in total. The molecule has 0 aliphatic carbocycles. The van der Waals surface area contributed by atoms with Crippen LogP contribution in [0.5, 0.6) is 0 Å². The van der Waals surface area contributed by atoms with Crippen LogP contribution in [-0.2, 0) is 10.0 Å². The molecule has 0 unspecified atom stereocenters. The first-order valence-electron chi connectivity index (χ1n) is 6.88. The van der Waals surface area contributed by atoms with Gasteiger partial charge in [0.15, 0.2) is 0 Å². The van der Waals surface area contributed by atoms with Crippen molar-refractivity contribution in [3.63, 3.8) is 0 Å². The zero-order chi connectivity index (χ0) is 17.2. The minimum Gasteiger partial charge on any atom is -0.303 e. The molecule has 0 spiro atoms. The van der Waals surface area contributed by atoms with E-state index in [0.717, 1.165) is 0 Å². The molecule has 1 heterocycles. The molecule has 3 rings (SSSR count). The van der Waals surface area contributed by atoms with Crippen molar-refractivity contribution < 1.29 is 17.6 Å². The largest absolute Gasteiger partial charge is 0.303 e. The summed E-state index contributed by atoms with van der Waals surface area (Å²) in [6.07, 6.45) is 2.50. The van der Waals surface area contributed by atoms with Gasteiger partial charge in [-0.1, -0.05) is 30.3 Å². The number of imidazole rings is 1. The zero-order valence-electron chi connectivity index (χ0n) is 12.3. The second-order valence-electron chi connectivity index (χ2n) is 4.87. The highest BCUT2D eigenvalue weighted by atomic mass is 32.2. The van der Waals surface area contributed by atoms with Crippen LogP contribution in [0.3, 0.4) is 0 Å². The summed E-state index contributed by atoms with van der Waals surface area (Å²) >= 11 is 0. The molecule has 24 heavy (non-hydrogen) atoms. The lowest BCUT2D eigenvalue weighted by Gasteiger charge is -2.05. The molecule has 0 atom stereocenters. The normalized spacial score (nSPS) is 11.2. The average molecular weight is 345 g/mol. The van der Waals surface area contributed by atoms with Gasteiger partial charge < -0.3 is 4.57 Å². The fourth-order valence-electron chi connectivity index (χ4n) is 2.07. The molecule has 0 aliphatic rings. The van der Waals surface area contributed by atoms with Gasteiger partial charge in [-0.3, -0.25) is 4.79 Å². The maximum Gasteiger partial charge on any atom is 0.285 e. The number of aromatic nitrogens is 2. The van der Waals surface area contributed by atoms with Crippen LogP contribution >= 0.6 is 0 Å². The number of benzene rings is 2. The number of halogens is 1. The van der Waals surface area contributed by atoms with Gasteiger partial charge >= 0.3 is 0 Å². The van der Waals surface area contributed by atoms with E-state index < -0.39 is 21.7 Å². The molecule has 0 radical (unpaired) electrons. The lowest BCUT2D eigenvalue weighted by molar-refractivity contribution is 0.0977. The molecule has 0 aliphatic heterocycles. The summed E-state index contributed by atoms with van der Waals surface area (Å²) in [6.45, 7) is 0. The lowest BCUT2D eigenvalue weighted by atomic mass is 10.3. The van der Waals surface area contributed by atoms with Gasteiger partial charge in [0, 0.05) is 6.20 Å².